The first kappa shape index (κ1) is 13.2. The maximum atomic E-state index is 4.80. The van der Waals surface area contributed by atoms with E-state index in [1.807, 2.05) is 7.05 Å². The molecule has 0 unspecified atom stereocenters. The van der Waals surface area contributed by atoms with Gasteiger partial charge in [0.2, 0.25) is 0 Å². The fraction of sp³-hybridized carbons (Fsp3) is 0.400. The highest BCUT2D eigenvalue weighted by molar-refractivity contribution is 7.15. The summed E-state index contributed by atoms with van der Waals surface area (Å²) >= 11 is 1.80. The van der Waals surface area contributed by atoms with Crippen LogP contribution in [0.5, 0.6) is 0 Å². The molecule has 2 aromatic rings. The number of aryl methyl sites for hydroxylation is 3. The molecule has 1 heterocycles. The number of likely N-dealkylation sites (N-methyl/N-ethyl adjacent to an activating group) is 1. The van der Waals surface area contributed by atoms with Gasteiger partial charge in [0.15, 0.2) is 0 Å². The SMILES string of the molecule is CNCCc1nc(-c2cc(C)ccc2C)sc1C. The summed E-state index contributed by atoms with van der Waals surface area (Å²) in [4.78, 5) is 6.13. The highest BCUT2D eigenvalue weighted by atomic mass is 32.1. The summed E-state index contributed by atoms with van der Waals surface area (Å²) in [5, 5.41) is 4.33. The first-order valence-electron chi connectivity index (χ1n) is 6.30. The van der Waals surface area contributed by atoms with E-state index in [9.17, 15) is 0 Å². The minimum absolute atomic E-state index is 0.983. The van der Waals surface area contributed by atoms with Gasteiger partial charge >= 0.3 is 0 Å². The number of nitrogens with zero attached hydrogens (tertiary/aromatic N) is 1. The predicted molar refractivity (Wildman–Crippen MR) is 79.4 cm³/mol. The minimum atomic E-state index is 0.983. The van der Waals surface area contributed by atoms with E-state index in [1.54, 1.807) is 11.3 Å². The average Bonchev–Trinajstić information content (AvgIpc) is 2.71. The summed E-state index contributed by atoms with van der Waals surface area (Å²) in [7, 11) is 1.98. The summed E-state index contributed by atoms with van der Waals surface area (Å²) in [6.07, 6.45) is 1.00. The Kier molecular flexibility index (Phi) is 4.15. The molecule has 0 atom stereocenters. The molecule has 1 N–H and O–H groups in total. The monoisotopic (exact) mass is 260 g/mol. The molecule has 0 radical (unpaired) electrons. The van der Waals surface area contributed by atoms with Crippen LogP contribution >= 0.6 is 11.3 Å². The van der Waals surface area contributed by atoms with Crippen molar-refractivity contribution < 1.29 is 0 Å². The second kappa shape index (κ2) is 5.63. The first-order chi connectivity index (χ1) is 8.61. The van der Waals surface area contributed by atoms with E-state index in [0.29, 0.717) is 0 Å². The van der Waals surface area contributed by atoms with Crippen LogP contribution in [0.15, 0.2) is 18.2 Å². The standard InChI is InChI=1S/C15H20N2S/c1-10-5-6-11(2)13(9-10)15-17-14(7-8-16-4)12(3)18-15/h5-6,9,16H,7-8H2,1-4H3. The van der Waals surface area contributed by atoms with Crippen molar-refractivity contribution in [3.8, 4) is 10.6 Å². The van der Waals surface area contributed by atoms with Crippen molar-refractivity contribution in [1.82, 2.24) is 10.3 Å². The van der Waals surface area contributed by atoms with Crippen molar-refractivity contribution in [1.29, 1.82) is 0 Å². The van der Waals surface area contributed by atoms with E-state index in [4.69, 9.17) is 4.98 Å². The summed E-state index contributed by atoms with van der Waals surface area (Å²) < 4.78 is 0. The van der Waals surface area contributed by atoms with Crippen LogP contribution in [0.25, 0.3) is 10.6 Å². The van der Waals surface area contributed by atoms with Crippen molar-refractivity contribution in [2.45, 2.75) is 27.2 Å². The molecule has 0 saturated heterocycles. The van der Waals surface area contributed by atoms with Gasteiger partial charge in [-0.1, -0.05) is 17.7 Å². The van der Waals surface area contributed by atoms with Crippen molar-refractivity contribution in [3.05, 3.63) is 39.9 Å². The fourth-order valence-corrected chi connectivity index (χ4v) is 3.03. The molecule has 0 bridgehead atoms. The maximum absolute atomic E-state index is 4.80. The van der Waals surface area contributed by atoms with Gasteiger partial charge in [-0.05, 0) is 39.4 Å². The van der Waals surface area contributed by atoms with Crippen LogP contribution < -0.4 is 5.32 Å². The summed E-state index contributed by atoms with van der Waals surface area (Å²) in [6, 6.07) is 6.56. The number of benzene rings is 1. The third-order valence-electron chi connectivity index (χ3n) is 3.13. The second-order valence-electron chi connectivity index (χ2n) is 4.69. The van der Waals surface area contributed by atoms with Gasteiger partial charge in [-0.3, -0.25) is 0 Å². The molecule has 96 valence electrons. The molecule has 0 fully saturated rings. The molecule has 0 aliphatic carbocycles. The van der Waals surface area contributed by atoms with Crippen LogP contribution in [-0.4, -0.2) is 18.6 Å². The Morgan fingerprint density at radius 1 is 1.22 bits per heavy atom. The molecule has 1 aromatic heterocycles. The summed E-state index contributed by atoms with van der Waals surface area (Å²) in [5.41, 5.74) is 5.10. The largest absolute Gasteiger partial charge is 0.319 e. The van der Waals surface area contributed by atoms with Gasteiger partial charge in [-0.2, -0.15) is 0 Å². The molecule has 1 aromatic carbocycles. The van der Waals surface area contributed by atoms with Crippen molar-refractivity contribution in [2.24, 2.45) is 0 Å². The Balaban J connectivity index is 2.36. The average molecular weight is 260 g/mol. The van der Waals surface area contributed by atoms with Gasteiger partial charge in [0, 0.05) is 23.4 Å². The van der Waals surface area contributed by atoms with Crippen LogP contribution in [0.4, 0.5) is 0 Å². The Morgan fingerprint density at radius 2 is 2.00 bits per heavy atom. The van der Waals surface area contributed by atoms with Crippen LogP contribution in [0, 0.1) is 20.8 Å². The topological polar surface area (TPSA) is 24.9 Å². The molecule has 0 saturated carbocycles. The zero-order valence-corrected chi connectivity index (χ0v) is 12.3. The number of hydrogen-bond acceptors (Lipinski definition) is 3. The third-order valence-corrected chi connectivity index (χ3v) is 4.17. The van der Waals surface area contributed by atoms with E-state index in [2.05, 4.69) is 44.3 Å². The summed E-state index contributed by atoms with van der Waals surface area (Å²) in [6.45, 7) is 7.43. The predicted octanol–water partition coefficient (Wildman–Crippen LogP) is 3.50. The molecule has 0 spiro atoms. The maximum Gasteiger partial charge on any atom is 0.124 e. The second-order valence-corrected chi connectivity index (χ2v) is 5.90. The lowest BCUT2D eigenvalue weighted by Gasteiger charge is -2.03. The molecule has 0 amide bonds. The highest BCUT2D eigenvalue weighted by Crippen LogP contribution is 2.30. The van der Waals surface area contributed by atoms with Crippen LogP contribution in [-0.2, 0) is 6.42 Å². The number of rotatable bonds is 4. The molecule has 0 aliphatic heterocycles. The lowest BCUT2D eigenvalue weighted by molar-refractivity contribution is 0.777. The Labute approximate surface area is 113 Å². The molecule has 18 heavy (non-hydrogen) atoms. The molecule has 0 aliphatic rings. The van der Waals surface area contributed by atoms with E-state index < -0.39 is 0 Å². The number of nitrogens with one attached hydrogen (secondary N) is 1. The normalized spacial score (nSPS) is 10.9. The molecular weight excluding hydrogens is 240 g/mol. The van der Waals surface area contributed by atoms with Gasteiger partial charge in [0.25, 0.3) is 0 Å². The Hall–Kier alpha value is -1.19. The summed E-state index contributed by atoms with van der Waals surface area (Å²) in [5.74, 6) is 0. The van der Waals surface area contributed by atoms with Crippen molar-refractivity contribution in [2.75, 3.05) is 13.6 Å². The first-order valence-corrected chi connectivity index (χ1v) is 7.12. The van der Waals surface area contributed by atoms with Gasteiger partial charge in [-0.15, -0.1) is 11.3 Å². The Morgan fingerprint density at radius 3 is 2.72 bits per heavy atom. The molecule has 2 rings (SSSR count). The van der Waals surface area contributed by atoms with E-state index in [-0.39, 0.29) is 0 Å². The van der Waals surface area contributed by atoms with Crippen molar-refractivity contribution in [3.63, 3.8) is 0 Å². The zero-order chi connectivity index (χ0) is 13.1. The van der Waals surface area contributed by atoms with Crippen molar-refractivity contribution >= 4 is 11.3 Å². The quantitative estimate of drug-likeness (QED) is 0.910. The minimum Gasteiger partial charge on any atom is -0.319 e. The molecular formula is C15H20N2S. The van der Waals surface area contributed by atoms with Gasteiger partial charge < -0.3 is 5.32 Å². The van der Waals surface area contributed by atoms with Gasteiger partial charge in [0.1, 0.15) is 5.01 Å². The zero-order valence-electron chi connectivity index (χ0n) is 11.5. The Bertz CT molecular complexity index is 543. The van der Waals surface area contributed by atoms with Gasteiger partial charge in [0.05, 0.1) is 5.69 Å². The van der Waals surface area contributed by atoms with Crippen LogP contribution in [0.2, 0.25) is 0 Å². The van der Waals surface area contributed by atoms with E-state index in [1.165, 1.54) is 27.3 Å². The van der Waals surface area contributed by atoms with E-state index in [0.717, 1.165) is 18.0 Å². The molecule has 2 nitrogen and oxygen atoms in total. The number of thiazole rings is 1. The third kappa shape index (κ3) is 2.79. The van der Waals surface area contributed by atoms with Gasteiger partial charge in [-0.25, -0.2) is 4.98 Å². The van der Waals surface area contributed by atoms with Crippen LogP contribution in [0.3, 0.4) is 0 Å². The molecule has 3 heteroatoms. The number of hydrogen-bond donors (Lipinski definition) is 1. The van der Waals surface area contributed by atoms with Crippen LogP contribution in [0.1, 0.15) is 21.7 Å². The lowest BCUT2D eigenvalue weighted by atomic mass is 10.1. The fourth-order valence-electron chi connectivity index (χ4n) is 1.98. The lowest BCUT2D eigenvalue weighted by Crippen LogP contribution is -2.10. The van der Waals surface area contributed by atoms with E-state index >= 15 is 0 Å². The number of aromatic nitrogens is 1. The highest BCUT2D eigenvalue weighted by Gasteiger charge is 2.11. The smallest absolute Gasteiger partial charge is 0.124 e.